The van der Waals surface area contributed by atoms with E-state index in [9.17, 15) is 26.4 Å². The Hall–Kier alpha value is -7.81. The molecular weight excluding hydrogens is 1660 g/mol. The first-order chi connectivity index (χ1) is 54.7. The lowest BCUT2D eigenvalue weighted by atomic mass is 9.97. The molecule has 0 atom stereocenters. The minimum absolute atomic E-state index is 0.0441. The van der Waals surface area contributed by atoms with Crippen LogP contribution in [0, 0.1) is 0 Å². The maximum absolute atomic E-state index is 12.5. The summed E-state index contributed by atoms with van der Waals surface area (Å²) in [7, 11) is 1.20. The third-order valence-corrected chi connectivity index (χ3v) is 24.2. The van der Waals surface area contributed by atoms with E-state index in [2.05, 4.69) is 33.2 Å². The lowest BCUT2D eigenvalue weighted by Gasteiger charge is -2.21. The molecule has 4 heterocycles. The minimum atomic E-state index is -3.70. The van der Waals surface area contributed by atoms with Crippen LogP contribution in [0.2, 0.25) is 40.2 Å². The molecule has 28 heteroatoms. The SMILES string of the molecule is COCc1cc(C2=NCCN2)ccc1-c1ccc(Cl)cc1.COCc1cc(N2CCCC2=O)c(Cl)cc1-c1ccc(Cl)cc1.COCc1cc(N2CCCS2(=O)=O)c(Cl)cc1-c1ccc(Cl)cc1.COCc1cc(N2CCOC2=O)ccc1-c1ccc(Cl)cc1.COCc1cc(S(=O)(=O)NC(C)C)c(Cl)cc1-c1ccc(Cl)cc1. The van der Waals surface area contributed by atoms with Crippen LogP contribution in [-0.2, 0) is 86.3 Å². The molecule has 10 aromatic rings. The molecule has 600 valence electrons. The molecular formula is C86H86Cl8N6O12S2. The Morgan fingerprint density at radius 1 is 0.465 bits per heavy atom. The quantitative estimate of drug-likeness (QED) is 0.0649. The number of nitrogens with zero attached hydrogens (tertiary/aromatic N) is 4. The number of hydrogen-bond acceptors (Lipinski definition) is 14. The Morgan fingerprint density at radius 3 is 1.26 bits per heavy atom. The standard InChI is InChI=1S/C18H17Cl2NO2.C17H17Cl2NO3S.C17H19Cl2NO3S.C17H17ClN2O.C17H16ClNO3/c1-23-11-13-9-17(21-8-2-3-18(21)22)16(20)10-15(13)12-4-6-14(19)7-5-12;1-23-11-13-9-17(20-7-2-8-24(20,21)22)16(19)10-15(13)12-3-5-14(18)6-4-12;1-11(2)20-24(21,22)17-8-13(10-23-3)15(9-16(17)19)12-4-6-14(18)7-5-12;1-21-11-14-10-13(17-19-8-9-20-17)4-7-16(14)12-2-5-15(18)6-3-12;1-21-11-13-10-15(19-8-9-22-17(19)20)6-7-16(13)12-2-4-14(18)5-3-12/h4-7,9-10H,2-3,8,11H2,1H3;3-6,9-10H,2,7-8,11H2,1H3;4-9,11,20H,10H2,1-3H3;2-7,10H,8-9,11H2,1H3,(H,19,20);2-7,10H,8-9,11H2,1H3. The molecule has 4 aliphatic heterocycles. The van der Waals surface area contributed by atoms with Gasteiger partial charge in [0.05, 0.1) is 78.3 Å². The van der Waals surface area contributed by atoms with Crippen LogP contribution in [0.3, 0.4) is 0 Å². The number of rotatable bonds is 22. The number of aliphatic imine (C=N–C) groups is 1. The zero-order chi connectivity index (χ0) is 81.8. The number of anilines is 3. The summed E-state index contributed by atoms with van der Waals surface area (Å²) in [5, 5.41) is 7.85. The normalized spacial score (nSPS) is 14.2. The average molecular weight is 1740 g/mol. The molecule has 0 radical (unpaired) electrons. The van der Waals surface area contributed by atoms with Gasteiger partial charge in [-0.1, -0.05) is 172 Å². The molecule has 18 nitrogen and oxygen atoms in total. The third-order valence-electron chi connectivity index (χ3n) is 18.4. The van der Waals surface area contributed by atoms with Crippen molar-refractivity contribution in [2.75, 3.05) is 94.7 Å². The van der Waals surface area contributed by atoms with Crippen LogP contribution in [0.25, 0.3) is 55.6 Å². The van der Waals surface area contributed by atoms with Gasteiger partial charge in [-0.25, -0.2) is 26.4 Å². The smallest absolute Gasteiger partial charge is 0.414 e. The number of carbonyl (C=O) groups is 2. The summed E-state index contributed by atoms with van der Waals surface area (Å²) in [6.45, 7) is 9.53. The fourth-order valence-corrected chi connectivity index (χ4v) is 17.8. The number of ether oxygens (including phenoxy) is 6. The monoisotopic (exact) mass is 1740 g/mol. The van der Waals surface area contributed by atoms with Crippen LogP contribution in [-0.4, -0.2) is 121 Å². The van der Waals surface area contributed by atoms with Crippen molar-refractivity contribution in [1.82, 2.24) is 10.0 Å². The number of amidine groups is 1. The van der Waals surface area contributed by atoms with Crippen molar-refractivity contribution in [1.29, 1.82) is 0 Å². The summed E-state index contributed by atoms with van der Waals surface area (Å²) >= 11 is 48.9. The second kappa shape index (κ2) is 41.8. The molecule has 3 saturated heterocycles. The molecule has 3 fully saturated rings. The predicted molar refractivity (Wildman–Crippen MR) is 464 cm³/mol. The van der Waals surface area contributed by atoms with Gasteiger partial charge in [0.2, 0.25) is 26.0 Å². The molecule has 10 aromatic carbocycles. The summed E-state index contributed by atoms with van der Waals surface area (Å²) in [6, 6.07) is 60.5. The highest BCUT2D eigenvalue weighted by atomic mass is 35.5. The Kier molecular flexibility index (Phi) is 32.5. The number of nitrogens with one attached hydrogen (secondary N) is 2. The molecule has 0 bridgehead atoms. The molecule has 0 aliphatic carbocycles. The predicted octanol–water partition coefficient (Wildman–Crippen LogP) is 21.4. The fraction of sp³-hybridized carbons (Fsp3) is 0.267. The molecule has 0 saturated carbocycles. The highest BCUT2D eigenvalue weighted by Crippen LogP contribution is 2.41. The Morgan fingerprint density at radius 2 is 0.868 bits per heavy atom. The first kappa shape index (κ1) is 88.6. The Bertz CT molecular complexity index is 5270. The van der Waals surface area contributed by atoms with E-state index in [1.807, 2.05) is 127 Å². The molecule has 4 aliphatic rings. The maximum Gasteiger partial charge on any atom is 0.414 e. The topological polar surface area (TPSA) is 204 Å². The van der Waals surface area contributed by atoms with Gasteiger partial charge in [0.1, 0.15) is 17.3 Å². The number of methoxy groups -OCH3 is 5. The van der Waals surface area contributed by atoms with Crippen molar-refractivity contribution in [2.45, 2.75) is 77.1 Å². The lowest BCUT2D eigenvalue weighted by Crippen LogP contribution is -2.30. The van der Waals surface area contributed by atoms with Crippen molar-refractivity contribution < 1.29 is 54.8 Å². The van der Waals surface area contributed by atoms with Crippen molar-refractivity contribution in [3.05, 3.63) is 268 Å². The van der Waals surface area contributed by atoms with Gasteiger partial charge in [0, 0.05) is 104 Å². The van der Waals surface area contributed by atoms with Gasteiger partial charge in [-0.3, -0.25) is 19.0 Å². The van der Waals surface area contributed by atoms with Gasteiger partial charge in [0.15, 0.2) is 0 Å². The van der Waals surface area contributed by atoms with E-state index in [0.29, 0.717) is 101 Å². The number of cyclic esters (lactones) is 1. The summed E-state index contributed by atoms with van der Waals surface area (Å²) in [4.78, 5) is 31.6. The van der Waals surface area contributed by atoms with Gasteiger partial charge in [-0.05, 0) is 225 Å². The van der Waals surface area contributed by atoms with Crippen molar-refractivity contribution >= 4 is 148 Å². The van der Waals surface area contributed by atoms with Gasteiger partial charge in [-0.2, -0.15) is 0 Å². The molecule has 0 spiro atoms. The average Bonchev–Trinajstić information content (AvgIpc) is 1.46. The van der Waals surface area contributed by atoms with Crippen molar-refractivity contribution in [3.8, 4) is 55.6 Å². The largest absolute Gasteiger partial charge is 0.447 e. The number of carbonyl (C=O) groups excluding carboxylic acids is 2. The van der Waals surface area contributed by atoms with Crippen LogP contribution < -0.4 is 24.1 Å². The number of hydrogen-bond donors (Lipinski definition) is 2. The van der Waals surface area contributed by atoms with E-state index in [1.54, 1.807) is 108 Å². The summed E-state index contributed by atoms with van der Waals surface area (Å²) in [6.07, 6.45) is 1.75. The first-order valence-corrected chi connectivity index (χ1v) is 42.4. The van der Waals surface area contributed by atoms with E-state index in [1.165, 1.54) is 4.31 Å². The van der Waals surface area contributed by atoms with Gasteiger partial charge in [-0.15, -0.1) is 0 Å². The third kappa shape index (κ3) is 23.3. The zero-order valence-corrected chi connectivity index (χ0v) is 71.4. The molecule has 0 aromatic heterocycles. The summed E-state index contributed by atoms with van der Waals surface area (Å²) in [5.74, 6) is 1.24. The highest BCUT2D eigenvalue weighted by Gasteiger charge is 2.32. The van der Waals surface area contributed by atoms with E-state index >= 15 is 0 Å². The first-order valence-electron chi connectivity index (χ1n) is 36.3. The molecule has 2 amide bonds. The van der Waals surface area contributed by atoms with Crippen LogP contribution in [0.4, 0.5) is 21.9 Å². The Balaban J connectivity index is 0.000000151. The van der Waals surface area contributed by atoms with Crippen LogP contribution >= 0.6 is 92.8 Å². The maximum atomic E-state index is 12.5. The number of amides is 2. The second-order valence-electron chi connectivity index (χ2n) is 26.9. The van der Waals surface area contributed by atoms with E-state index in [-0.39, 0.29) is 40.3 Å². The van der Waals surface area contributed by atoms with Gasteiger partial charge in [0.25, 0.3) is 0 Å². The van der Waals surface area contributed by atoms with Gasteiger partial charge >= 0.3 is 6.09 Å². The van der Waals surface area contributed by atoms with Crippen molar-refractivity contribution in [2.24, 2.45) is 4.99 Å². The number of halogens is 8. The van der Waals surface area contributed by atoms with Crippen LogP contribution in [0.1, 0.15) is 66.5 Å². The molecule has 2 N–H and O–H groups in total. The van der Waals surface area contributed by atoms with E-state index in [4.69, 9.17) is 121 Å². The summed E-state index contributed by atoms with van der Waals surface area (Å²) < 4.78 is 84.7. The molecule has 0 unspecified atom stereocenters. The van der Waals surface area contributed by atoms with Gasteiger partial charge < -0.3 is 38.6 Å². The lowest BCUT2D eigenvalue weighted by molar-refractivity contribution is -0.117. The molecule has 14 rings (SSSR count). The highest BCUT2D eigenvalue weighted by molar-refractivity contribution is 7.93. The number of sulfonamides is 2. The van der Waals surface area contributed by atoms with E-state index < -0.39 is 20.0 Å². The zero-order valence-electron chi connectivity index (χ0n) is 63.7. The summed E-state index contributed by atoms with van der Waals surface area (Å²) in [5.41, 5.74) is 17.9. The van der Waals surface area contributed by atoms with Crippen molar-refractivity contribution in [3.63, 3.8) is 0 Å². The Labute approximate surface area is 707 Å². The minimum Gasteiger partial charge on any atom is -0.447 e. The number of benzene rings is 10. The fourth-order valence-electron chi connectivity index (χ4n) is 13.2. The molecule has 114 heavy (non-hydrogen) atoms. The second-order valence-corrected chi connectivity index (χ2v) is 34.0. The van der Waals surface area contributed by atoms with E-state index in [0.717, 1.165) is 131 Å². The van der Waals surface area contributed by atoms with Crippen LogP contribution in [0.5, 0.6) is 0 Å². The van der Waals surface area contributed by atoms with Crippen LogP contribution in [0.15, 0.2) is 204 Å².